The Morgan fingerprint density at radius 3 is 2.28 bits per heavy atom. The molecule has 0 bridgehead atoms. The summed E-state index contributed by atoms with van der Waals surface area (Å²) < 4.78 is 9.44. The Morgan fingerprint density at radius 2 is 1.83 bits per heavy atom. The number of nitrogens with zero attached hydrogens (tertiary/aromatic N) is 1. The van der Waals surface area contributed by atoms with Gasteiger partial charge in [-0.3, -0.25) is 4.79 Å². The standard InChI is InChI=1S/C12H19NO5/c1-4-13(5-2)11(15)9-18-12(16)7-6-10(8-14)17-3/h6-8,14H,4-5,9H2,1-3H3/b7-6+,10-8-. The minimum absolute atomic E-state index is 0.113. The fourth-order valence-electron chi connectivity index (χ4n) is 1.16. The fraction of sp³-hybridized carbons (Fsp3) is 0.500. The largest absolute Gasteiger partial charge is 0.512 e. The van der Waals surface area contributed by atoms with Crippen molar-refractivity contribution >= 4 is 11.9 Å². The minimum atomic E-state index is -0.674. The van der Waals surface area contributed by atoms with Gasteiger partial charge in [0.1, 0.15) is 6.26 Å². The number of carbonyl (C=O) groups is 2. The third-order valence-electron chi connectivity index (χ3n) is 2.20. The predicted octanol–water partition coefficient (Wildman–Crippen LogP) is 1.00. The Labute approximate surface area is 106 Å². The second-order valence-corrected chi connectivity index (χ2v) is 3.24. The van der Waals surface area contributed by atoms with E-state index < -0.39 is 5.97 Å². The first-order valence-corrected chi connectivity index (χ1v) is 5.59. The van der Waals surface area contributed by atoms with E-state index in [0.29, 0.717) is 19.4 Å². The molecule has 0 aromatic carbocycles. The molecule has 0 radical (unpaired) electrons. The van der Waals surface area contributed by atoms with Crippen molar-refractivity contribution < 1.29 is 24.2 Å². The number of amides is 1. The Bertz CT molecular complexity index is 331. The van der Waals surface area contributed by atoms with E-state index in [9.17, 15) is 9.59 Å². The van der Waals surface area contributed by atoms with Crippen LogP contribution in [0.15, 0.2) is 24.2 Å². The van der Waals surface area contributed by atoms with Gasteiger partial charge in [0.2, 0.25) is 0 Å². The van der Waals surface area contributed by atoms with E-state index in [0.717, 1.165) is 6.08 Å². The highest BCUT2D eigenvalue weighted by Gasteiger charge is 2.11. The molecule has 6 heteroatoms. The zero-order valence-electron chi connectivity index (χ0n) is 10.9. The van der Waals surface area contributed by atoms with Gasteiger partial charge in [0.05, 0.1) is 7.11 Å². The van der Waals surface area contributed by atoms with E-state index >= 15 is 0 Å². The number of allylic oxidation sites excluding steroid dienone is 1. The van der Waals surface area contributed by atoms with Crippen LogP contribution in [-0.2, 0) is 19.1 Å². The molecule has 0 atom stereocenters. The Morgan fingerprint density at radius 1 is 1.22 bits per heavy atom. The summed E-state index contributed by atoms with van der Waals surface area (Å²) in [5, 5.41) is 8.64. The first kappa shape index (κ1) is 16.0. The van der Waals surface area contributed by atoms with Gasteiger partial charge in [-0.2, -0.15) is 0 Å². The van der Waals surface area contributed by atoms with Gasteiger partial charge in [0.25, 0.3) is 5.91 Å². The highest BCUT2D eigenvalue weighted by atomic mass is 16.5. The fourth-order valence-corrected chi connectivity index (χ4v) is 1.16. The van der Waals surface area contributed by atoms with Crippen LogP contribution in [0.5, 0.6) is 0 Å². The summed E-state index contributed by atoms with van der Waals surface area (Å²) >= 11 is 0. The molecule has 0 aliphatic rings. The summed E-state index contributed by atoms with van der Waals surface area (Å²) in [4.78, 5) is 24.3. The van der Waals surface area contributed by atoms with Crippen molar-refractivity contribution in [2.45, 2.75) is 13.8 Å². The van der Waals surface area contributed by atoms with Crippen molar-refractivity contribution in [2.75, 3.05) is 26.8 Å². The van der Waals surface area contributed by atoms with Crippen molar-refractivity contribution in [3.05, 3.63) is 24.2 Å². The smallest absolute Gasteiger partial charge is 0.331 e. The summed E-state index contributed by atoms with van der Waals surface area (Å²) in [6.45, 7) is 4.55. The normalized spacial score (nSPS) is 11.4. The van der Waals surface area contributed by atoms with Gasteiger partial charge < -0.3 is 19.5 Å². The summed E-state index contributed by atoms with van der Waals surface area (Å²) in [5.41, 5.74) is 0. The molecule has 0 rings (SSSR count). The predicted molar refractivity (Wildman–Crippen MR) is 65.7 cm³/mol. The number of likely N-dealkylation sites (N-methyl/N-ethyl adjacent to an activating group) is 1. The SMILES string of the molecule is CCN(CC)C(=O)COC(=O)/C=C/C(=C/O)OC. The number of aliphatic hydroxyl groups is 1. The van der Waals surface area contributed by atoms with Crippen molar-refractivity contribution in [1.29, 1.82) is 0 Å². The van der Waals surface area contributed by atoms with Gasteiger partial charge in [-0.25, -0.2) is 4.79 Å². The molecule has 0 unspecified atom stereocenters. The monoisotopic (exact) mass is 257 g/mol. The molecule has 0 aromatic heterocycles. The Hall–Kier alpha value is -1.98. The zero-order chi connectivity index (χ0) is 14.0. The lowest BCUT2D eigenvalue weighted by molar-refractivity contribution is -0.148. The second kappa shape index (κ2) is 9.09. The van der Waals surface area contributed by atoms with Crippen LogP contribution in [0.25, 0.3) is 0 Å². The molecule has 18 heavy (non-hydrogen) atoms. The van der Waals surface area contributed by atoms with E-state index in [4.69, 9.17) is 9.84 Å². The van der Waals surface area contributed by atoms with Gasteiger partial charge in [0, 0.05) is 19.2 Å². The molecule has 1 N–H and O–H groups in total. The van der Waals surface area contributed by atoms with Crippen LogP contribution in [0.3, 0.4) is 0 Å². The average molecular weight is 257 g/mol. The average Bonchev–Trinajstić information content (AvgIpc) is 2.39. The maximum atomic E-state index is 11.5. The number of ether oxygens (including phenoxy) is 2. The van der Waals surface area contributed by atoms with Crippen molar-refractivity contribution in [2.24, 2.45) is 0 Å². The van der Waals surface area contributed by atoms with Crippen LogP contribution in [-0.4, -0.2) is 48.7 Å². The number of hydrogen-bond acceptors (Lipinski definition) is 5. The molecule has 0 heterocycles. The number of methoxy groups -OCH3 is 1. The van der Waals surface area contributed by atoms with E-state index in [2.05, 4.69) is 4.74 Å². The van der Waals surface area contributed by atoms with Crippen LogP contribution in [0.2, 0.25) is 0 Å². The first-order valence-electron chi connectivity index (χ1n) is 5.59. The topological polar surface area (TPSA) is 76.1 Å². The van der Waals surface area contributed by atoms with E-state index in [-0.39, 0.29) is 18.3 Å². The molecule has 0 aromatic rings. The minimum Gasteiger partial charge on any atom is -0.512 e. The van der Waals surface area contributed by atoms with Crippen molar-refractivity contribution in [1.82, 2.24) is 4.90 Å². The molecule has 0 saturated heterocycles. The quantitative estimate of drug-likeness (QED) is 0.319. The maximum Gasteiger partial charge on any atom is 0.331 e. The number of esters is 1. The number of carbonyl (C=O) groups excluding carboxylic acids is 2. The second-order valence-electron chi connectivity index (χ2n) is 3.24. The van der Waals surface area contributed by atoms with Crippen LogP contribution in [0.4, 0.5) is 0 Å². The van der Waals surface area contributed by atoms with Gasteiger partial charge in [-0.05, 0) is 19.9 Å². The molecule has 0 spiro atoms. The number of hydrogen-bond donors (Lipinski definition) is 1. The maximum absolute atomic E-state index is 11.5. The van der Waals surface area contributed by atoms with Gasteiger partial charge in [-0.1, -0.05) is 0 Å². The van der Waals surface area contributed by atoms with Crippen LogP contribution in [0, 0.1) is 0 Å². The molecule has 0 fully saturated rings. The zero-order valence-corrected chi connectivity index (χ0v) is 10.9. The van der Waals surface area contributed by atoms with Crippen LogP contribution < -0.4 is 0 Å². The van der Waals surface area contributed by atoms with Gasteiger partial charge >= 0.3 is 5.97 Å². The lowest BCUT2D eigenvalue weighted by Gasteiger charge is -2.17. The van der Waals surface area contributed by atoms with Gasteiger partial charge in [0.15, 0.2) is 12.4 Å². The molecule has 6 nitrogen and oxygen atoms in total. The highest BCUT2D eigenvalue weighted by molar-refractivity contribution is 5.86. The molecule has 0 saturated carbocycles. The molecule has 0 aliphatic carbocycles. The first-order chi connectivity index (χ1) is 8.58. The lowest BCUT2D eigenvalue weighted by Crippen LogP contribution is -2.34. The number of rotatable bonds is 7. The van der Waals surface area contributed by atoms with Crippen molar-refractivity contribution in [3.63, 3.8) is 0 Å². The van der Waals surface area contributed by atoms with Crippen LogP contribution >= 0.6 is 0 Å². The van der Waals surface area contributed by atoms with E-state index in [1.54, 1.807) is 4.90 Å². The molecular weight excluding hydrogens is 238 g/mol. The van der Waals surface area contributed by atoms with Crippen molar-refractivity contribution in [3.8, 4) is 0 Å². The van der Waals surface area contributed by atoms with Crippen LogP contribution in [0.1, 0.15) is 13.8 Å². The number of aliphatic hydroxyl groups excluding tert-OH is 1. The van der Waals surface area contributed by atoms with Gasteiger partial charge in [-0.15, -0.1) is 0 Å². The summed E-state index contributed by atoms with van der Waals surface area (Å²) in [6, 6.07) is 0. The molecule has 1 amide bonds. The van der Waals surface area contributed by atoms with E-state index in [1.807, 2.05) is 13.8 Å². The lowest BCUT2D eigenvalue weighted by atomic mass is 10.4. The third-order valence-corrected chi connectivity index (χ3v) is 2.20. The summed E-state index contributed by atoms with van der Waals surface area (Å²) in [6.07, 6.45) is 3.02. The van der Waals surface area contributed by atoms with E-state index in [1.165, 1.54) is 13.2 Å². The summed E-state index contributed by atoms with van der Waals surface area (Å²) in [7, 11) is 1.35. The third kappa shape index (κ3) is 5.93. The Balaban J connectivity index is 4.15. The molecular formula is C12H19NO5. The molecule has 0 aliphatic heterocycles. The molecule has 102 valence electrons. The summed E-state index contributed by atoms with van der Waals surface area (Å²) in [5.74, 6) is -0.805. The highest BCUT2D eigenvalue weighted by Crippen LogP contribution is 1.97. The Kier molecular flexibility index (Phi) is 8.09.